The van der Waals surface area contributed by atoms with Gasteiger partial charge in [-0.15, -0.1) is 0 Å². The van der Waals surface area contributed by atoms with Crippen LogP contribution in [0.1, 0.15) is 16.1 Å². The molecule has 1 aliphatic rings. The molecule has 8 heteroatoms. The van der Waals surface area contributed by atoms with Crippen molar-refractivity contribution < 1.29 is 18.7 Å². The second kappa shape index (κ2) is 7.34. The molecule has 0 radical (unpaired) electrons. The second-order valence-electron chi connectivity index (χ2n) is 5.59. The minimum absolute atomic E-state index is 0.149. The minimum Gasteiger partial charge on any atom is -0.455 e. The Morgan fingerprint density at radius 3 is 2.78 bits per heavy atom. The zero-order valence-corrected chi connectivity index (χ0v) is 15.3. The van der Waals surface area contributed by atoms with E-state index in [0.717, 1.165) is 0 Å². The number of furan rings is 1. The molecule has 1 aromatic heterocycles. The Labute approximate surface area is 164 Å². The molecule has 6 nitrogen and oxygen atoms in total. The fourth-order valence-corrected chi connectivity index (χ4v) is 2.89. The van der Waals surface area contributed by atoms with Gasteiger partial charge in [-0.3, -0.25) is 4.79 Å². The van der Waals surface area contributed by atoms with Crippen LogP contribution in [0, 0.1) is 0 Å². The van der Waals surface area contributed by atoms with E-state index >= 15 is 0 Å². The molecule has 0 spiro atoms. The summed E-state index contributed by atoms with van der Waals surface area (Å²) in [5, 5.41) is 4.98. The lowest BCUT2D eigenvalue weighted by atomic mass is 10.2. The molecule has 1 amide bonds. The maximum atomic E-state index is 12.2. The molecule has 1 N–H and O–H groups in total. The van der Waals surface area contributed by atoms with Gasteiger partial charge in [-0.2, -0.15) is 5.10 Å². The van der Waals surface area contributed by atoms with Gasteiger partial charge >= 0.3 is 0 Å². The third kappa shape index (κ3) is 3.77. The Balaban J connectivity index is 1.44. The summed E-state index contributed by atoms with van der Waals surface area (Å²) in [7, 11) is 0. The van der Waals surface area contributed by atoms with E-state index in [4.69, 9.17) is 37.1 Å². The van der Waals surface area contributed by atoms with E-state index in [-0.39, 0.29) is 12.7 Å². The van der Waals surface area contributed by atoms with Gasteiger partial charge in [0, 0.05) is 16.1 Å². The number of benzene rings is 2. The smallest absolute Gasteiger partial charge is 0.271 e. The van der Waals surface area contributed by atoms with E-state index in [0.29, 0.717) is 44.2 Å². The third-order valence-corrected chi connectivity index (χ3v) is 4.38. The van der Waals surface area contributed by atoms with Crippen LogP contribution in [0.3, 0.4) is 0 Å². The van der Waals surface area contributed by atoms with Gasteiger partial charge in [0.1, 0.15) is 11.5 Å². The summed E-state index contributed by atoms with van der Waals surface area (Å²) >= 11 is 12.2. The number of carbonyl (C=O) groups excluding carboxylic acids is 1. The molecule has 0 saturated carbocycles. The standard InChI is InChI=1S/C19H12Cl2N2O4/c20-12-2-4-15(21)14(8-12)16-6-3-13(27-16)9-22-23-19(24)11-1-5-17-18(7-11)26-10-25-17/h1-9H,10H2,(H,23,24). The van der Waals surface area contributed by atoms with Gasteiger partial charge in [-0.1, -0.05) is 23.2 Å². The van der Waals surface area contributed by atoms with Gasteiger partial charge in [0.15, 0.2) is 11.5 Å². The Kier molecular flexibility index (Phi) is 4.75. The Morgan fingerprint density at radius 2 is 1.89 bits per heavy atom. The van der Waals surface area contributed by atoms with Crippen molar-refractivity contribution in [1.29, 1.82) is 0 Å². The summed E-state index contributed by atoms with van der Waals surface area (Å²) in [5.41, 5.74) is 3.51. The molecule has 0 aliphatic carbocycles. The first-order valence-corrected chi connectivity index (χ1v) is 8.64. The van der Waals surface area contributed by atoms with E-state index in [1.165, 1.54) is 6.21 Å². The molecule has 4 rings (SSSR count). The quantitative estimate of drug-likeness (QED) is 0.504. The van der Waals surface area contributed by atoms with Crippen LogP contribution in [0.2, 0.25) is 10.0 Å². The van der Waals surface area contributed by atoms with Crippen molar-refractivity contribution in [2.45, 2.75) is 0 Å². The normalized spacial score (nSPS) is 12.5. The molecule has 2 heterocycles. The molecule has 0 bridgehead atoms. The third-order valence-electron chi connectivity index (χ3n) is 3.81. The first-order chi connectivity index (χ1) is 13.1. The Morgan fingerprint density at radius 1 is 1.04 bits per heavy atom. The molecular weight excluding hydrogens is 391 g/mol. The number of hydrogen-bond acceptors (Lipinski definition) is 5. The Hall–Kier alpha value is -2.96. The van der Waals surface area contributed by atoms with Crippen molar-refractivity contribution in [3.05, 3.63) is 69.9 Å². The highest BCUT2D eigenvalue weighted by Crippen LogP contribution is 2.33. The van der Waals surface area contributed by atoms with Crippen molar-refractivity contribution in [1.82, 2.24) is 5.43 Å². The SMILES string of the molecule is O=C(NN=Cc1ccc(-c2cc(Cl)ccc2Cl)o1)c1ccc2c(c1)OCO2. The molecule has 0 saturated heterocycles. The number of hydrogen-bond donors (Lipinski definition) is 1. The monoisotopic (exact) mass is 402 g/mol. The van der Waals surface area contributed by atoms with Crippen molar-refractivity contribution in [3.63, 3.8) is 0 Å². The molecule has 3 aromatic rings. The average molecular weight is 403 g/mol. The van der Waals surface area contributed by atoms with Crippen molar-refractivity contribution in [2.75, 3.05) is 6.79 Å². The molecular formula is C19H12Cl2N2O4. The molecule has 136 valence electrons. The fourth-order valence-electron chi connectivity index (χ4n) is 2.51. The highest BCUT2D eigenvalue weighted by molar-refractivity contribution is 6.35. The minimum atomic E-state index is -0.380. The lowest BCUT2D eigenvalue weighted by Gasteiger charge is -2.01. The number of nitrogens with zero attached hydrogens (tertiary/aromatic N) is 1. The predicted octanol–water partition coefficient (Wildman–Crippen LogP) is 4.75. The van der Waals surface area contributed by atoms with Crippen LogP contribution in [0.5, 0.6) is 11.5 Å². The number of hydrazone groups is 1. The fraction of sp³-hybridized carbons (Fsp3) is 0.0526. The molecule has 0 fully saturated rings. The van der Waals surface area contributed by atoms with Gasteiger partial charge in [0.05, 0.1) is 11.2 Å². The van der Waals surface area contributed by atoms with Gasteiger partial charge in [0.2, 0.25) is 6.79 Å². The first kappa shape index (κ1) is 17.5. The number of fused-ring (bicyclic) bond motifs is 1. The zero-order chi connectivity index (χ0) is 18.8. The van der Waals surface area contributed by atoms with Crippen LogP contribution in [0.4, 0.5) is 0 Å². The van der Waals surface area contributed by atoms with Crippen LogP contribution >= 0.6 is 23.2 Å². The zero-order valence-electron chi connectivity index (χ0n) is 13.7. The van der Waals surface area contributed by atoms with Crippen LogP contribution in [0.25, 0.3) is 11.3 Å². The van der Waals surface area contributed by atoms with Gasteiger partial charge in [0.25, 0.3) is 5.91 Å². The largest absolute Gasteiger partial charge is 0.455 e. The van der Waals surface area contributed by atoms with E-state index in [1.807, 2.05) is 0 Å². The number of nitrogens with one attached hydrogen (secondary N) is 1. The van der Waals surface area contributed by atoms with E-state index in [1.54, 1.807) is 48.5 Å². The highest BCUT2D eigenvalue weighted by Gasteiger charge is 2.16. The maximum Gasteiger partial charge on any atom is 0.271 e. The van der Waals surface area contributed by atoms with Gasteiger partial charge in [-0.05, 0) is 48.5 Å². The van der Waals surface area contributed by atoms with E-state index < -0.39 is 0 Å². The topological polar surface area (TPSA) is 73.1 Å². The molecule has 27 heavy (non-hydrogen) atoms. The van der Waals surface area contributed by atoms with Gasteiger partial charge in [-0.25, -0.2) is 5.43 Å². The summed E-state index contributed by atoms with van der Waals surface area (Å²) in [6, 6.07) is 13.5. The lowest BCUT2D eigenvalue weighted by Crippen LogP contribution is -2.17. The van der Waals surface area contributed by atoms with Crippen LogP contribution in [-0.4, -0.2) is 18.9 Å². The number of amides is 1. The van der Waals surface area contributed by atoms with Gasteiger partial charge < -0.3 is 13.9 Å². The number of carbonyl (C=O) groups is 1. The summed E-state index contributed by atoms with van der Waals surface area (Å²) in [6.07, 6.45) is 1.40. The summed E-state index contributed by atoms with van der Waals surface area (Å²) in [6.45, 7) is 0.149. The van der Waals surface area contributed by atoms with Crippen LogP contribution in [0.15, 0.2) is 58.0 Å². The lowest BCUT2D eigenvalue weighted by molar-refractivity contribution is 0.0954. The van der Waals surface area contributed by atoms with Crippen molar-refractivity contribution in [3.8, 4) is 22.8 Å². The predicted molar refractivity (Wildman–Crippen MR) is 102 cm³/mol. The summed E-state index contributed by atoms with van der Waals surface area (Å²) in [4.78, 5) is 12.2. The number of rotatable bonds is 4. The first-order valence-electron chi connectivity index (χ1n) is 7.88. The molecule has 1 aliphatic heterocycles. The second-order valence-corrected chi connectivity index (χ2v) is 6.44. The molecule has 0 unspecified atom stereocenters. The van der Waals surface area contributed by atoms with Crippen molar-refractivity contribution in [2.24, 2.45) is 5.10 Å². The highest BCUT2D eigenvalue weighted by atomic mass is 35.5. The number of ether oxygens (including phenoxy) is 2. The maximum absolute atomic E-state index is 12.2. The summed E-state index contributed by atoms with van der Waals surface area (Å²) < 4.78 is 16.1. The van der Waals surface area contributed by atoms with Crippen molar-refractivity contribution >= 4 is 35.3 Å². The Bertz CT molecular complexity index is 1050. The van der Waals surface area contributed by atoms with E-state index in [9.17, 15) is 4.79 Å². The average Bonchev–Trinajstić information content (AvgIpc) is 3.32. The van der Waals surface area contributed by atoms with Crippen LogP contribution in [-0.2, 0) is 0 Å². The number of halogens is 2. The van der Waals surface area contributed by atoms with E-state index in [2.05, 4.69) is 10.5 Å². The summed E-state index contributed by atoms with van der Waals surface area (Å²) in [5.74, 6) is 1.76. The molecule has 2 aromatic carbocycles. The van der Waals surface area contributed by atoms with Crippen LogP contribution < -0.4 is 14.9 Å². The molecule has 0 atom stereocenters.